The average molecular weight is 549 g/mol. The van der Waals surface area contributed by atoms with Gasteiger partial charge in [0.25, 0.3) is 0 Å². The number of hydrogen-bond acceptors (Lipinski definition) is 1. The molecular weight excluding hydrogens is 510 g/mol. The third-order valence-electron chi connectivity index (χ3n) is 9.40. The van der Waals surface area contributed by atoms with E-state index in [1.807, 2.05) is 12.1 Å². The Morgan fingerprint density at radius 3 is 2.12 bits per heavy atom. The van der Waals surface area contributed by atoms with Crippen LogP contribution in [0, 0.1) is 18.3 Å². The normalized spacial score (nSPS) is 12.4. The molecule has 0 unspecified atom stereocenters. The predicted octanol–water partition coefficient (Wildman–Crippen LogP) is 10.0. The van der Waals surface area contributed by atoms with E-state index in [1.165, 1.54) is 66.1 Å². The van der Waals surface area contributed by atoms with Crippen LogP contribution in [-0.2, 0) is 7.05 Å². The van der Waals surface area contributed by atoms with Crippen LogP contribution in [0.25, 0.3) is 60.1 Å². The minimum atomic E-state index is 0.396. The highest BCUT2D eigenvalue weighted by atomic mass is 15.0. The maximum atomic E-state index is 10.1. The Balaban J connectivity index is 1.76. The van der Waals surface area contributed by atoms with E-state index in [0.29, 0.717) is 17.8 Å². The molecule has 3 heteroatoms. The number of aryl methyl sites for hydroxylation is 2. The summed E-state index contributed by atoms with van der Waals surface area (Å²) < 4.78 is 4.72. The van der Waals surface area contributed by atoms with Crippen LogP contribution in [-0.4, -0.2) is 4.40 Å². The second-order valence-corrected chi connectivity index (χ2v) is 13.1. The van der Waals surface area contributed by atoms with Crippen molar-refractivity contribution < 1.29 is 4.57 Å². The maximum Gasteiger partial charge on any atom is 0.224 e. The molecule has 0 saturated carbocycles. The Labute approximate surface area is 248 Å². The van der Waals surface area contributed by atoms with Gasteiger partial charge in [0.05, 0.1) is 39.0 Å². The summed E-state index contributed by atoms with van der Waals surface area (Å²) >= 11 is 0. The Morgan fingerprint density at radius 1 is 0.762 bits per heavy atom. The van der Waals surface area contributed by atoms with Gasteiger partial charge in [-0.15, -0.1) is 0 Å². The standard InChI is InChI=1S/C39H38N3/c1-21(2)27-17-30(22(3)4)35(31(18-27)23(5)6)28-16-25-14-15-41(8)39-34-24(7)12-13-29-36-26(20-40)10-9-11-32(36)42(38(29)34)33(19-28)37(25)39/h9-19,21-23H,1-8H3/q+1. The number of fused-ring (bicyclic) bond motifs is 5. The number of benzene rings is 4. The Morgan fingerprint density at radius 2 is 1.48 bits per heavy atom. The fourth-order valence-corrected chi connectivity index (χ4v) is 7.29. The molecule has 0 aliphatic carbocycles. The molecule has 0 atom stereocenters. The van der Waals surface area contributed by atoms with E-state index in [4.69, 9.17) is 0 Å². The van der Waals surface area contributed by atoms with Gasteiger partial charge in [-0.2, -0.15) is 5.26 Å². The van der Waals surface area contributed by atoms with Crippen LogP contribution in [0.3, 0.4) is 0 Å². The summed E-state index contributed by atoms with van der Waals surface area (Å²) in [4.78, 5) is 0. The predicted molar refractivity (Wildman–Crippen MR) is 177 cm³/mol. The van der Waals surface area contributed by atoms with Gasteiger partial charge in [0.15, 0.2) is 6.20 Å². The zero-order valence-corrected chi connectivity index (χ0v) is 25.9. The number of hydrogen-bond donors (Lipinski definition) is 0. The van der Waals surface area contributed by atoms with Crippen molar-refractivity contribution in [1.82, 2.24) is 4.40 Å². The maximum absolute atomic E-state index is 10.1. The topological polar surface area (TPSA) is 32.1 Å². The molecule has 0 bridgehead atoms. The second kappa shape index (κ2) is 9.30. The summed E-state index contributed by atoms with van der Waals surface area (Å²) in [6.07, 6.45) is 2.21. The van der Waals surface area contributed by atoms with E-state index in [-0.39, 0.29) is 0 Å². The lowest BCUT2D eigenvalue weighted by Gasteiger charge is -2.24. The van der Waals surface area contributed by atoms with Gasteiger partial charge in [-0.05, 0) is 87.7 Å². The fraction of sp³-hybridized carbons (Fsp3) is 0.282. The Bertz CT molecular complexity index is 2220. The Hall–Kier alpha value is -4.42. The highest BCUT2D eigenvalue weighted by Gasteiger charge is 2.26. The van der Waals surface area contributed by atoms with Gasteiger partial charge in [0, 0.05) is 16.8 Å². The van der Waals surface area contributed by atoms with Gasteiger partial charge in [-0.1, -0.05) is 71.9 Å². The van der Waals surface area contributed by atoms with Crippen molar-refractivity contribution in [2.45, 2.75) is 66.2 Å². The van der Waals surface area contributed by atoms with Gasteiger partial charge in [0.1, 0.15) is 7.05 Å². The smallest absolute Gasteiger partial charge is 0.224 e. The summed E-state index contributed by atoms with van der Waals surface area (Å²) in [5.41, 5.74) is 13.6. The SMILES string of the molecule is Cc1ccc2c3c(C#N)cccc3n3c4cc(-c5c(C(C)C)cc(C(C)C)cc5C(C)C)cc5cc[n+](C)c(c1c23)c54. The molecule has 3 aromatic heterocycles. The number of nitrogens with zero attached hydrogens (tertiary/aromatic N) is 3. The van der Waals surface area contributed by atoms with Gasteiger partial charge in [0.2, 0.25) is 5.52 Å². The second-order valence-electron chi connectivity index (χ2n) is 13.1. The zero-order chi connectivity index (χ0) is 29.6. The van der Waals surface area contributed by atoms with Crippen molar-refractivity contribution in [2.24, 2.45) is 7.05 Å². The summed E-state index contributed by atoms with van der Waals surface area (Å²) in [6.45, 7) is 16.1. The molecule has 3 nitrogen and oxygen atoms in total. The highest BCUT2D eigenvalue weighted by molar-refractivity contribution is 6.26. The molecule has 0 aliphatic heterocycles. The minimum absolute atomic E-state index is 0.396. The molecule has 3 heterocycles. The molecule has 7 rings (SSSR count). The molecule has 0 radical (unpaired) electrons. The first kappa shape index (κ1) is 26.5. The van der Waals surface area contributed by atoms with Gasteiger partial charge >= 0.3 is 0 Å². The molecule has 0 amide bonds. The minimum Gasteiger partial charge on any atom is -0.307 e. The first-order chi connectivity index (χ1) is 20.1. The van der Waals surface area contributed by atoms with Gasteiger partial charge in [-0.25, -0.2) is 4.57 Å². The largest absolute Gasteiger partial charge is 0.307 e. The van der Waals surface area contributed by atoms with E-state index < -0.39 is 0 Å². The van der Waals surface area contributed by atoms with Crippen molar-refractivity contribution in [3.8, 4) is 17.2 Å². The van der Waals surface area contributed by atoms with Crippen LogP contribution in [0.5, 0.6) is 0 Å². The lowest BCUT2D eigenvalue weighted by Crippen LogP contribution is -2.28. The van der Waals surface area contributed by atoms with Crippen LogP contribution in [0.2, 0.25) is 0 Å². The highest BCUT2D eigenvalue weighted by Crippen LogP contribution is 2.45. The summed E-state index contributed by atoms with van der Waals surface area (Å²) in [5, 5.41) is 16.1. The zero-order valence-electron chi connectivity index (χ0n) is 25.9. The van der Waals surface area contributed by atoms with Crippen molar-refractivity contribution >= 4 is 49.0 Å². The number of nitriles is 1. The van der Waals surface area contributed by atoms with E-state index in [1.54, 1.807) is 0 Å². The first-order valence-electron chi connectivity index (χ1n) is 15.2. The molecule has 0 aliphatic rings. The van der Waals surface area contributed by atoms with Crippen LogP contribution in [0.4, 0.5) is 0 Å². The van der Waals surface area contributed by atoms with Gasteiger partial charge < -0.3 is 4.40 Å². The molecule has 0 fully saturated rings. The van der Waals surface area contributed by atoms with Crippen LogP contribution in [0.1, 0.15) is 87.1 Å². The third kappa shape index (κ3) is 3.54. The molecular formula is C39H38N3+. The van der Waals surface area contributed by atoms with E-state index in [2.05, 4.69) is 125 Å². The summed E-state index contributed by atoms with van der Waals surface area (Å²) in [5.74, 6) is 1.27. The van der Waals surface area contributed by atoms with Crippen LogP contribution < -0.4 is 4.57 Å². The van der Waals surface area contributed by atoms with E-state index in [0.717, 1.165) is 21.9 Å². The lowest BCUT2D eigenvalue weighted by atomic mass is 9.81. The average Bonchev–Trinajstić information content (AvgIpc) is 3.31. The molecule has 4 aromatic carbocycles. The van der Waals surface area contributed by atoms with Crippen molar-refractivity contribution in [1.29, 1.82) is 5.26 Å². The summed E-state index contributed by atoms with van der Waals surface area (Å²) in [7, 11) is 2.15. The van der Waals surface area contributed by atoms with Crippen molar-refractivity contribution in [2.75, 3.05) is 0 Å². The van der Waals surface area contributed by atoms with E-state index in [9.17, 15) is 5.26 Å². The summed E-state index contributed by atoms with van der Waals surface area (Å²) in [6, 6.07) is 25.1. The number of pyridine rings is 2. The fourth-order valence-electron chi connectivity index (χ4n) is 7.29. The molecule has 0 saturated heterocycles. The lowest BCUT2D eigenvalue weighted by molar-refractivity contribution is -0.643. The molecule has 7 aromatic rings. The van der Waals surface area contributed by atoms with Crippen molar-refractivity contribution in [3.63, 3.8) is 0 Å². The molecule has 0 N–H and O–H groups in total. The molecule has 0 spiro atoms. The van der Waals surface area contributed by atoms with Gasteiger partial charge in [-0.3, -0.25) is 0 Å². The van der Waals surface area contributed by atoms with Crippen LogP contribution >= 0.6 is 0 Å². The number of aromatic nitrogens is 2. The number of rotatable bonds is 4. The monoisotopic (exact) mass is 548 g/mol. The molecule has 208 valence electrons. The Kier molecular flexibility index (Phi) is 5.86. The van der Waals surface area contributed by atoms with E-state index >= 15 is 0 Å². The molecule has 42 heavy (non-hydrogen) atoms. The van der Waals surface area contributed by atoms with Crippen LogP contribution in [0.15, 0.2) is 66.9 Å². The van der Waals surface area contributed by atoms with Crippen molar-refractivity contribution in [3.05, 3.63) is 94.7 Å². The third-order valence-corrected chi connectivity index (χ3v) is 9.40. The quantitative estimate of drug-likeness (QED) is 0.122. The first-order valence-corrected chi connectivity index (χ1v) is 15.2.